The van der Waals surface area contributed by atoms with E-state index in [4.69, 9.17) is 40.5 Å². The van der Waals surface area contributed by atoms with Gasteiger partial charge in [0.05, 0.1) is 33.2 Å². The van der Waals surface area contributed by atoms with E-state index in [1.165, 1.54) is 12.1 Å². The monoisotopic (exact) mass is 666 g/mol. The molecule has 1 heterocycles. The molecule has 2 aliphatic rings. The summed E-state index contributed by atoms with van der Waals surface area (Å²) in [7, 11) is 0. The molecule has 1 unspecified atom stereocenters. The smallest absolute Gasteiger partial charge is 0.289 e. The number of nitrogens with zero attached hydrogens (tertiary/aromatic N) is 3. The number of hydrogen-bond donors (Lipinski definition) is 1. The largest absolute Gasteiger partial charge is 0.384 e. The molecule has 0 aromatic heterocycles. The Balaban J connectivity index is 1.69. The average molecular weight is 668 g/mol. The van der Waals surface area contributed by atoms with Gasteiger partial charge in [0.1, 0.15) is 10.8 Å². The lowest BCUT2D eigenvalue weighted by atomic mass is 9.68. The van der Waals surface area contributed by atoms with Gasteiger partial charge in [-0.1, -0.05) is 66.3 Å². The fraction of sp³-hybridized carbons (Fsp3) is 0.273. The number of nitrogens with two attached hydrogens (primary N) is 1. The van der Waals surface area contributed by atoms with Crippen LogP contribution in [0.4, 0.5) is 11.4 Å². The Morgan fingerprint density at radius 3 is 2.48 bits per heavy atom. The molecule has 226 valence electrons. The minimum Gasteiger partial charge on any atom is -0.384 e. The van der Waals surface area contributed by atoms with Crippen LogP contribution in [0.1, 0.15) is 54.9 Å². The Hall–Kier alpha value is -3.48. The Kier molecular flexibility index (Phi) is 8.80. The van der Waals surface area contributed by atoms with Crippen molar-refractivity contribution < 1.29 is 9.72 Å². The second kappa shape index (κ2) is 12.1. The standard InChI is InChI=1S/C33H29Cl3N4O3S/c1-17-9-19(16-44-29-11-20(34)5-7-25(29)36)18(2)22(10-17)30-23(15-37)32(38)39(21-6-8-24(35)26(12-21)40(42)43)27-13-33(3,4)14-28(41)31(27)30/h5-12,30H,13-14,16,38H2,1-4H3. The fourth-order valence-corrected chi connectivity index (χ4v) is 7.78. The second-order valence-electron chi connectivity index (χ2n) is 11.9. The van der Waals surface area contributed by atoms with Crippen molar-refractivity contribution >= 4 is 63.7 Å². The van der Waals surface area contributed by atoms with E-state index < -0.39 is 16.3 Å². The van der Waals surface area contributed by atoms with Crippen LogP contribution in [0.2, 0.25) is 15.1 Å². The summed E-state index contributed by atoms with van der Waals surface area (Å²) in [6.07, 6.45) is 0.762. The number of ketones is 1. The minimum absolute atomic E-state index is 0.0224. The van der Waals surface area contributed by atoms with Crippen molar-refractivity contribution in [3.8, 4) is 6.07 Å². The lowest BCUT2D eigenvalue weighted by molar-refractivity contribution is -0.384. The minimum atomic E-state index is -0.699. The zero-order valence-electron chi connectivity index (χ0n) is 24.5. The molecule has 0 fully saturated rings. The molecule has 0 spiro atoms. The molecule has 11 heteroatoms. The molecule has 1 aliphatic carbocycles. The quantitative estimate of drug-likeness (QED) is 0.158. The van der Waals surface area contributed by atoms with Crippen molar-refractivity contribution in [3.63, 3.8) is 0 Å². The lowest BCUT2D eigenvalue weighted by Gasteiger charge is -2.44. The molecule has 1 aliphatic heterocycles. The number of anilines is 1. The van der Waals surface area contributed by atoms with E-state index in [1.807, 2.05) is 39.8 Å². The summed E-state index contributed by atoms with van der Waals surface area (Å²) in [4.78, 5) is 27.7. The van der Waals surface area contributed by atoms with E-state index >= 15 is 0 Å². The van der Waals surface area contributed by atoms with Crippen LogP contribution in [0.5, 0.6) is 0 Å². The number of benzene rings is 3. The van der Waals surface area contributed by atoms with Gasteiger partial charge in [0.25, 0.3) is 5.69 Å². The van der Waals surface area contributed by atoms with Crippen LogP contribution in [0, 0.1) is 40.7 Å². The Morgan fingerprint density at radius 1 is 1.09 bits per heavy atom. The van der Waals surface area contributed by atoms with Gasteiger partial charge in [0.15, 0.2) is 5.78 Å². The Morgan fingerprint density at radius 2 is 1.80 bits per heavy atom. The van der Waals surface area contributed by atoms with Gasteiger partial charge in [-0.2, -0.15) is 5.26 Å². The number of thioether (sulfide) groups is 1. The van der Waals surface area contributed by atoms with E-state index in [0.717, 1.165) is 27.1 Å². The summed E-state index contributed by atoms with van der Waals surface area (Å²) in [5.74, 6) is -0.0732. The van der Waals surface area contributed by atoms with Gasteiger partial charge in [0.2, 0.25) is 0 Å². The number of hydrogen-bond acceptors (Lipinski definition) is 7. The summed E-state index contributed by atoms with van der Waals surface area (Å²) in [6.45, 7) is 7.97. The topological polar surface area (TPSA) is 113 Å². The van der Waals surface area contributed by atoms with E-state index in [-0.39, 0.29) is 34.3 Å². The highest BCUT2D eigenvalue weighted by molar-refractivity contribution is 7.98. The molecule has 5 rings (SSSR count). The zero-order chi connectivity index (χ0) is 32.1. The first kappa shape index (κ1) is 31.9. The zero-order valence-corrected chi connectivity index (χ0v) is 27.6. The summed E-state index contributed by atoms with van der Waals surface area (Å²) >= 11 is 20.3. The number of rotatable bonds is 6. The number of Topliss-reactive ketones (excluding diaryl/α,β-unsaturated/α-hetero) is 1. The molecule has 3 aromatic rings. The van der Waals surface area contributed by atoms with E-state index in [2.05, 4.69) is 12.1 Å². The molecule has 0 bridgehead atoms. The van der Waals surface area contributed by atoms with Crippen LogP contribution < -0.4 is 10.6 Å². The van der Waals surface area contributed by atoms with Gasteiger partial charge < -0.3 is 5.73 Å². The van der Waals surface area contributed by atoms with Crippen LogP contribution in [0.15, 0.2) is 76.1 Å². The summed E-state index contributed by atoms with van der Waals surface area (Å²) in [6, 6.07) is 16.1. The van der Waals surface area contributed by atoms with Crippen molar-refractivity contribution in [2.24, 2.45) is 11.1 Å². The van der Waals surface area contributed by atoms with E-state index in [1.54, 1.807) is 34.9 Å². The van der Waals surface area contributed by atoms with Crippen molar-refractivity contribution in [3.05, 3.63) is 119 Å². The molecular weight excluding hydrogens is 639 g/mol. The van der Waals surface area contributed by atoms with Gasteiger partial charge in [-0.15, -0.1) is 11.8 Å². The molecule has 0 radical (unpaired) electrons. The van der Waals surface area contributed by atoms with Crippen molar-refractivity contribution in [2.75, 3.05) is 4.90 Å². The van der Waals surface area contributed by atoms with Gasteiger partial charge in [-0.25, -0.2) is 0 Å². The highest BCUT2D eigenvalue weighted by atomic mass is 35.5. The lowest BCUT2D eigenvalue weighted by Crippen LogP contribution is -2.42. The Labute approximate surface area is 275 Å². The third kappa shape index (κ3) is 5.94. The number of nitriles is 1. The molecule has 7 nitrogen and oxygen atoms in total. The van der Waals surface area contributed by atoms with Gasteiger partial charge >= 0.3 is 0 Å². The maximum absolute atomic E-state index is 14.0. The normalized spacial score (nSPS) is 17.9. The number of halogens is 3. The molecule has 1 atom stereocenters. The van der Waals surface area contributed by atoms with Crippen molar-refractivity contribution in [1.29, 1.82) is 5.26 Å². The van der Waals surface area contributed by atoms with E-state index in [9.17, 15) is 20.2 Å². The van der Waals surface area contributed by atoms with Crippen LogP contribution in [-0.2, 0) is 10.5 Å². The van der Waals surface area contributed by atoms with Gasteiger partial charge in [0, 0.05) is 39.4 Å². The van der Waals surface area contributed by atoms with Gasteiger partial charge in [-0.05, 0) is 72.7 Å². The maximum atomic E-state index is 14.0. The summed E-state index contributed by atoms with van der Waals surface area (Å²) in [5, 5.41) is 23.5. The number of nitro benzene ring substituents is 1. The summed E-state index contributed by atoms with van der Waals surface area (Å²) < 4.78 is 0. The number of carbonyl (C=O) groups excluding carboxylic acids is 1. The predicted molar refractivity (Wildman–Crippen MR) is 177 cm³/mol. The van der Waals surface area contributed by atoms with Crippen LogP contribution >= 0.6 is 46.6 Å². The number of allylic oxidation sites excluding steroid dienone is 3. The van der Waals surface area contributed by atoms with Crippen LogP contribution in [0.25, 0.3) is 0 Å². The predicted octanol–water partition coefficient (Wildman–Crippen LogP) is 9.41. The third-order valence-corrected chi connectivity index (χ3v) is 10.2. The average Bonchev–Trinajstić information content (AvgIpc) is 2.94. The molecule has 0 saturated heterocycles. The van der Waals surface area contributed by atoms with Crippen molar-refractivity contribution in [1.82, 2.24) is 0 Å². The number of nitro groups is 1. The van der Waals surface area contributed by atoms with Crippen LogP contribution in [-0.4, -0.2) is 10.7 Å². The SMILES string of the molecule is Cc1cc(CSc2cc(Cl)ccc2Cl)c(C)c(C2C(C#N)=C(N)N(c3ccc(Cl)c([N+](=O)[O-])c3)C3=C2C(=O)CC(C)(C)C3)c1. The Bertz CT molecular complexity index is 1840. The van der Waals surface area contributed by atoms with Crippen molar-refractivity contribution in [2.45, 2.75) is 57.1 Å². The first-order chi connectivity index (χ1) is 20.7. The molecule has 3 aromatic carbocycles. The second-order valence-corrected chi connectivity index (χ2v) is 14.1. The summed E-state index contributed by atoms with van der Waals surface area (Å²) in [5.41, 5.74) is 11.5. The van der Waals surface area contributed by atoms with Crippen LogP contribution in [0.3, 0.4) is 0 Å². The first-order valence-electron chi connectivity index (χ1n) is 13.8. The highest BCUT2D eigenvalue weighted by Gasteiger charge is 2.45. The third-order valence-electron chi connectivity index (χ3n) is 8.05. The van der Waals surface area contributed by atoms with E-state index in [0.29, 0.717) is 39.2 Å². The molecule has 0 amide bonds. The maximum Gasteiger partial charge on any atom is 0.289 e. The molecule has 0 saturated carbocycles. The molecule has 44 heavy (non-hydrogen) atoms. The number of carbonyl (C=O) groups is 1. The molecular formula is C33H29Cl3N4O3S. The fourth-order valence-electron chi connectivity index (χ4n) is 6.05. The first-order valence-corrected chi connectivity index (χ1v) is 15.9. The number of aryl methyl sites for hydroxylation is 1. The highest BCUT2D eigenvalue weighted by Crippen LogP contribution is 2.51. The van der Waals surface area contributed by atoms with Gasteiger partial charge in [-0.3, -0.25) is 19.8 Å². The molecule has 2 N–H and O–H groups in total.